The predicted molar refractivity (Wildman–Crippen MR) is 127 cm³/mol. The fourth-order valence-corrected chi connectivity index (χ4v) is 4.17. The van der Waals surface area contributed by atoms with Gasteiger partial charge in [-0.15, -0.1) is 0 Å². The maximum absolute atomic E-state index is 14.0. The molecule has 0 spiro atoms. The van der Waals surface area contributed by atoms with Gasteiger partial charge in [-0.05, 0) is 48.0 Å². The van der Waals surface area contributed by atoms with Crippen LogP contribution in [0.3, 0.4) is 0 Å². The molecule has 6 nitrogen and oxygen atoms in total. The third-order valence-corrected chi connectivity index (χ3v) is 5.87. The van der Waals surface area contributed by atoms with Crippen molar-refractivity contribution in [3.05, 3.63) is 106 Å². The van der Waals surface area contributed by atoms with Crippen molar-refractivity contribution in [2.75, 3.05) is 5.32 Å². The molecule has 9 heteroatoms. The molecule has 2 aromatic heterocycles. The first-order chi connectivity index (χ1) is 16.4. The van der Waals surface area contributed by atoms with Gasteiger partial charge in [0, 0.05) is 16.1 Å². The maximum Gasteiger partial charge on any atom is 0.278 e. The lowest BCUT2D eigenvalue weighted by Crippen LogP contribution is -2.25. The van der Waals surface area contributed by atoms with Crippen LogP contribution in [0.4, 0.5) is 14.5 Å². The Labute approximate surface area is 197 Å². The Morgan fingerprint density at radius 2 is 1.79 bits per heavy atom. The zero-order valence-corrected chi connectivity index (χ0v) is 18.4. The van der Waals surface area contributed by atoms with Crippen molar-refractivity contribution in [3.63, 3.8) is 0 Å². The van der Waals surface area contributed by atoms with Crippen LogP contribution in [0.5, 0.6) is 0 Å². The van der Waals surface area contributed by atoms with E-state index in [9.17, 15) is 18.4 Å². The Bertz CT molecular complexity index is 1630. The molecule has 170 valence electrons. The average Bonchev–Trinajstić information content (AvgIpc) is 3.10. The maximum atomic E-state index is 14.0. The van der Waals surface area contributed by atoms with Crippen molar-refractivity contribution in [2.45, 2.75) is 13.1 Å². The summed E-state index contributed by atoms with van der Waals surface area (Å²) in [6.45, 7) is -0.0814. The van der Waals surface area contributed by atoms with E-state index in [4.69, 9.17) is 11.6 Å². The van der Waals surface area contributed by atoms with Crippen molar-refractivity contribution in [1.29, 1.82) is 0 Å². The molecule has 0 atom stereocenters. The highest BCUT2D eigenvalue weighted by molar-refractivity contribution is 6.31. The lowest BCUT2D eigenvalue weighted by atomic mass is 10.2. The fourth-order valence-electron chi connectivity index (χ4n) is 3.97. The number of nitrogens with one attached hydrogen (secondary N) is 1. The molecular formula is C25H17ClF2N4O2. The molecule has 0 saturated carbocycles. The molecule has 5 aromatic rings. The second-order valence-corrected chi connectivity index (χ2v) is 8.18. The summed E-state index contributed by atoms with van der Waals surface area (Å²) in [5.41, 5.74) is 1.53. The highest BCUT2D eigenvalue weighted by atomic mass is 35.5. The van der Waals surface area contributed by atoms with Gasteiger partial charge in [-0.25, -0.2) is 13.8 Å². The molecule has 0 saturated heterocycles. The standard InChI is InChI=1S/C25H17ClF2N4O2/c26-20-7-2-1-4-15(20)12-31-14-29-23-19-11-17(28)8-9-21(19)32(24(23)25(31)34)13-22(33)30-18-6-3-5-16(27)10-18/h1-11,14H,12-13H2,(H,30,33). The number of rotatable bonds is 5. The molecule has 0 bridgehead atoms. The van der Waals surface area contributed by atoms with E-state index in [2.05, 4.69) is 10.3 Å². The molecule has 3 aromatic carbocycles. The van der Waals surface area contributed by atoms with Crippen LogP contribution in [-0.2, 0) is 17.9 Å². The molecule has 0 radical (unpaired) electrons. The third kappa shape index (κ3) is 4.04. The van der Waals surface area contributed by atoms with Gasteiger partial charge in [0.2, 0.25) is 5.91 Å². The van der Waals surface area contributed by atoms with Crippen molar-refractivity contribution in [3.8, 4) is 0 Å². The van der Waals surface area contributed by atoms with E-state index in [0.717, 1.165) is 5.56 Å². The van der Waals surface area contributed by atoms with Gasteiger partial charge in [0.25, 0.3) is 5.56 Å². The van der Waals surface area contributed by atoms with Crippen LogP contribution in [0, 0.1) is 11.6 Å². The van der Waals surface area contributed by atoms with E-state index in [0.29, 0.717) is 15.9 Å². The topological polar surface area (TPSA) is 68.9 Å². The number of amides is 1. The van der Waals surface area contributed by atoms with Crippen molar-refractivity contribution >= 4 is 45.1 Å². The van der Waals surface area contributed by atoms with Crippen LogP contribution >= 0.6 is 11.6 Å². The lowest BCUT2D eigenvalue weighted by molar-refractivity contribution is -0.116. The lowest BCUT2D eigenvalue weighted by Gasteiger charge is -2.10. The number of fused-ring (bicyclic) bond motifs is 3. The van der Waals surface area contributed by atoms with Gasteiger partial charge in [0.05, 0.1) is 18.4 Å². The number of hydrogen-bond donors (Lipinski definition) is 1. The van der Waals surface area contributed by atoms with Crippen molar-refractivity contribution in [1.82, 2.24) is 14.1 Å². The van der Waals surface area contributed by atoms with Crippen LogP contribution in [0.1, 0.15) is 5.56 Å². The molecule has 0 aliphatic carbocycles. The van der Waals surface area contributed by atoms with E-state index < -0.39 is 23.1 Å². The van der Waals surface area contributed by atoms with Gasteiger partial charge in [-0.1, -0.05) is 35.9 Å². The smallest absolute Gasteiger partial charge is 0.278 e. The van der Waals surface area contributed by atoms with Crippen LogP contribution in [0.25, 0.3) is 21.9 Å². The van der Waals surface area contributed by atoms with Crippen LogP contribution < -0.4 is 10.9 Å². The second kappa shape index (κ2) is 8.72. The van der Waals surface area contributed by atoms with Gasteiger partial charge in [-0.3, -0.25) is 14.2 Å². The Hall–Kier alpha value is -4.04. The largest absolute Gasteiger partial charge is 0.325 e. The molecule has 2 heterocycles. The SMILES string of the molecule is O=C(Cn1c2ccc(F)cc2c2ncn(Cc3ccccc3Cl)c(=O)c21)Nc1cccc(F)c1. The summed E-state index contributed by atoms with van der Waals surface area (Å²) in [4.78, 5) is 30.7. The van der Waals surface area contributed by atoms with Gasteiger partial charge >= 0.3 is 0 Å². The number of carbonyl (C=O) groups is 1. The summed E-state index contributed by atoms with van der Waals surface area (Å²) in [6.07, 6.45) is 1.38. The minimum atomic E-state index is -0.489. The second-order valence-electron chi connectivity index (χ2n) is 7.77. The van der Waals surface area contributed by atoms with Crippen LogP contribution in [-0.4, -0.2) is 20.0 Å². The predicted octanol–water partition coefficient (Wildman–Crippen LogP) is 4.97. The van der Waals surface area contributed by atoms with Crippen molar-refractivity contribution < 1.29 is 13.6 Å². The van der Waals surface area contributed by atoms with E-state index in [1.807, 2.05) is 6.07 Å². The fraction of sp³-hybridized carbons (Fsp3) is 0.0800. The number of aromatic nitrogens is 3. The first kappa shape index (κ1) is 21.8. The Morgan fingerprint density at radius 3 is 2.59 bits per heavy atom. The Balaban J connectivity index is 1.62. The van der Waals surface area contributed by atoms with E-state index >= 15 is 0 Å². The highest BCUT2D eigenvalue weighted by Crippen LogP contribution is 2.27. The Morgan fingerprint density at radius 1 is 1.00 bits per heavy atom. The number of hydrogen-bond acceptors (Lipinski definition) is 3. The van der Waals surface area contributed by atoms with Crippen LogP contribution in [0.2, 0.25) is 5.02 Å². The molecule has 34 heavy (non-hydrogen) atoms. The first-order valence-electron chi connectivity index (χ1n) is 10.4. The minimum absolute atomic E-state index is 0.157. The molecule has 0 aliphatic heterocycles. The highest BCUT2D eigenvalue weighted by Gasteiger charge is 2.19. The van der Waals surface area contributed by atoms with Gasteiger partial charge < -0.3 is 9.88 Å². The van der Waals surface area contributed by atoms with E-state index in [1.54, 1.807) is 24.3 Å². The summed E-state index contributed by atoms with van der Waals surface area (Å²) in [6, 6.07) is 16.7. The van der Waals surface area contributed by atoms with Gasteiger partial charge in [0.1, 0.15) is 29.2 Å². The number of halogens is 3. The van der Waals surface area contributed by atoms with E-state index in [1.165, 1.54) is 51.9 Å². The molecule has 0 fully saturated rings. The van der Waals surface area contributed by atoms with E-state index in [-0.39, 0.29) is 29.8 Å². The quantitative estimate of drug-likeness (QED) is 0.388. The molecule has 1 N–H and O–H groups in total. The van der Waals surface area contributed by atoms with Crippen molar-refractivity contribution in [2.24, 2.45) is 0 Å². The zero-order chi connectivity index (χ0) is 23.8. The number of nitrogens with zero attached hydrogens (tertiary/aromatic N) is 3. The summed E-state index contributed by atoms with van der Waals surface area (Å²) >= 11 is 6.25. The molecule has 0 aliphatic rings. The summed E-state index contributed by atoms with van der Waals surface area (Å²) in [5, 5.41) is 3.54. The first-order valence-corrected chi connectivity index (χ1v) is 10.7. The molecule has 0 unspecified atom stereocenters. The Kier molecular flexibility index (Phi) is 5.59. The minimum Gasteiger partial charge on any atom is -0.325 e. The number of benzene rings is 3. The zero-order valence-electron chi connectivity index (χ0n) is 17.6. The normalized spacial score (nSPS) is 11.3. The van der Waals surface area contributed by atoms with Crippen LogP contribution in [0.15, 0.2) is 77.9 Å². The number of anilines is 1. The molecule has 5 rings (SSSR count). The molecule has 1 amide bonds. The summed E-state index contributed by atoms with van der Waals surface area (Å²) < 4.78 is 30.4. The summed E-state index contributed by atoms with van der Waals surface area (Å²) in [7, 11) is 0. The monoisotopic (exact) mass is 478 g/mol. The third-order valence-electron chi connectivity index (χ3n) is 5.50. The van der Waals surface area contributed by atoms with Gasteiger partial charge in [-0.2, -0.15) is 0 Å². The molecular weight excluding hydrogens is 462 g/mol. The average molecular weight is 479 g/mol. The number of carbonyl (C=O) groups excluding carboxylic acids is 1. The van der Waals surface area contributed by atoms with Gasteiger partial charge in [0.15, 0.2) is 0 Å². The summed E-state index contributed by atoms with van der Waals surface area (Å²) in [5.74, 6) is -1.45.